The number of benzene rings is 1. The molecule has 25 heavy (non-hydrogen) atoms. The Morgan fingerprint density at radius 2 is 2.00 bits per heavy atom. The van der Waals surface area contributed by atoms with Gasteiger partial charge in [-0.2, -0.15) is 0 Å². The minimum Gasteiger partial charge on any atom is -0.465 e. The summed E-state index contributed by atoms with van der Waals surface area (Å²) in [4.78, 5) is 33.7. The Labute approximate surface area is 143 Å². The molecule has 0 bridgehead atoms. The summed E-state index contributed by atoms with van der Waals surface area (Å²) >= 11 is 0. The van der Waals surface area contributed by atoms with E-state index in [9.17, 15) is 9.59 Å². The molecule has 126 valence electrons. The molecule has 1 N–H and O–H groups in total. The van der Waals surface area contributed by atoms with Crippen molar-refractivity contribution in [3.05, 3.63) is 54.4 Å². The van der Waals surface area contributed by atoms with E-state index in [4.69, 9.17) is 4.74 Å². The van der Waals surface area contributed by atoms with E-state index in [2.05, 4.69) is 15.3 Å². The van der Waals surface area contributed by atoms with Gasteiger partial charge in [0.1, 0.15) is 0 Å². The summed E-state index contributed by atoms with van der Waals surface area (Å²) in [6.45, 7) is 1.93. The van der Waals surface area contributed by atoms with Crippen LogP contribution in [-0.4, -0.2) is 33.0 Å². The lowest BCUT2D eigenvalue weighted by atomic mass is 9.91. The number of rotatable bonds is 3. The molecule has 1 aromatic carbocycles. The van der Waals surface area contributed by atoms with Crippen molar-refractivity contribution in [1.29, 1.82) is 0 Å². The van der Waals surface area contributed by atoms with Crippen molar-refractivity contribution in [3.8, 4) is 0 Å². The van der Waals surface area contributed by atoms with Gasteiger partial charge in [-0.3, -0.25) is 19.9 Å². The molecule has 0 radical (unpaired) electrons. The fourth-order valence-corrected chi connectivity index (χ4v) is 3.26. The van der Waals surface area contributed by atoms with Crippen molar-refractivity contribution in [1.82, 2.24) is 14.5 Å². The Hall–Kier alpha value is -3.22. The van der Waals surface area contributed by atoms with Gasteiger partial charge in [0.25, 0.3) is 0 Å². The lowest BCUT2D eigenvalue weighted by Gasteiger charge is -2.32. The highest BCUT2D eigenvalue weighted by Crippen LogP contribution is 2.38. The molecule has 1 aliphatic rings. The number of imidazole rings is 1. The van der Waals surface area contributed by atoms with Crippen LogP contribution >= 0.6 is 0 Å². The second-order valence-electron chi connectivity index (χ2n) is 5.74. The van der Waals surface area contributed by atoms with E-state index in [1.165, 1.54) is 0 Å². The van der Waals surface area contributed by atoms with Gasteiger partial charge in [0.05, 0.1) is 23.7 Å². The number of carbonyl (C=O) groups is 2. The van der Waals surface area contributed by atoms with E-state index in [-0.39, 0.29) is 6.61 Å². The predicted molar refractivity (Wildman–Crippen MR) is 90.9 cm³/mol. The molecule has 0 unspecified atom stereocenters. The molecular weight excluding hydrogens is 320 g/mol. The van der Waals surface area contributed by atoms with Crippen molar-refractivity contribution in [2.45, 2.75) is 13.0 Å². The van der Waals surface area contributed by atoms with Gasteiger partial charge in [-0.15, -0.1) is 0 Å². The molecule has 7 heteroatoms. The van der Waals surface area contributed by atoms with Gasteiger partial charge in [0.15, 0.2) is 5.92 Å². The Morgan fingerprint density at radius 1 is 1.24 bits per heavy atom. The van der Waals surface area contributed by atoms with E-state index in [0.717, 1.165) is 16.6 Å². The van der Waals surface area contributed by atoms with E-state index in [1.54, 1.807) is 31.5 Å². The number of nitrogens with zero attached hydrogens (tertiary/aromatic N) is 3. The Kier molecular flexibility index (Phi) is 3.68. The molecule has 1 aliphatic heterocycles. The summed E-state index contributed by atoms with van der Waals surface area (Å²) in [7, 11) is 0. The van der Waals surface area contributed by atoms with Crippen molar-refractivity contribution in [3.63, 3.8) is 0 Å². The van der Waals surface area contributed by atoms with Crippen LogP contribution in [-0.2, 0) is 14.3 Å². The lowest BCUT2D eigenvalue weighted by Crippen LogP contribution is -2.43. The number of pyridine rings is 1. The first kappa shape index (κ1) is 15.3. The zero-order chi connectivity index (χ0) is 17.4. The first-order valence-corrected chi connectivity index (χ1v) is 8.05. The molecule has 0 aliphatic carbocycles. The SMILES string of the molecule is CCOC(=O)[C@@H]1C(=O)Nc2nc3ccccc3n2[C@@H]1c1ccncc1. The van der Waals surface area contributed by atoms with Gasteiger partial charge in [0.2, 0.25) is 11.9 Å². The number of aromatic nitrogens is 3. The number of hydrogen-bond acceptors (Lipinski definition) is 5. The standard InChI is InChI=1S/C18H16N4O3/c1-2-25-17(24)14-15(11-7-9-19-10-8-11)22-13-6-4-3-5-12(13)20-18(22)21-16(14)23/h3-10,14-15H,2H2,1H3,(H,20,21,23)/t14-,15+/m0/s1. The molecule has 0 fully saturated rings. The topological polar surface area (TPSA) is 86.1 Å². The third kappa shape index (κ3) is 2.44. The first-order chi connectivity index (χ1) is 12.2. The van der Waals surface area contributed by atoms with Gasteiger partial charge in [0, 0.05) is 12.4 Å². The van der Waals surface area contributed by atoms with Crippen molar-refractivity contribution < 1.29 is 14.3 Å². The molecular formula is C18H16N4O3. The average Bonchev–Trinajstić information content (AvgIpc) is 2.99. The molecule has 0 spiro atoms. The van der Waals surface area contributed by atoms with Gasteiger partial charge >= 0.3 is 5.97 Å². The van der Waals surface area contributed by atoms with Crippen molar-refractivity contribution in [2.24, 2.45) is 5.92 Å². The highest BCUT2D eigenvalue weighted by atomic mass is 16.5. The van der Waals surface area contributed by atoms with Crippen molar-refractivity contribution in [2.75, 3.05) is 11.9 Å². The van der Waals surface area contributed by atoms with Crippen molar-refractivity contribution >= 4 is 28.9 Å². The minimum atomic E-state index is -0.993. The van der Waals surface area contributed by atoms with E-state index in [0.29, 0.717) is 5.95 Å². The largest absolute Gasteiger partial charge is 0.465 e. The van der Waals surface area contributed by atoms with Gasteiger partial charge in [-0.25, -0.2) is 4.98 Å². The zero-order valence-electron chi connectivity index (χ0n) is 13.5. The Morgan fingerprint density at radius 3 is 2.76 bits per heavy atom. The van der Waals surface area contributed by atoms with Crippen LogP contribution in [0.3, 0.4) is 0 Å². The number of carbonyl (C=O) groups excluding carboxylic acids is 2. The number of nitrogens with one attached hydrogen (secondary N) is 1. The number of anilines is 1. The zero-order valence-corrected chi connectivity index (χ0v) is 13.5. The smallest absolute Gasteiger partial charge is 0.321 e. The van der Waals surface area contributed by atoms with Gasteiger partial charge < -0.3 is 9.30 Å². The summed E-state index contributed by atoms with van der Waals surface area (Å²) in [5, 5.41) is 2.73. The predicted octanol–water partition coefficient (Wildman–Crippen LogP) is 2.15. The maximum atomic E-state index is 12.7. The van der Waals surface area contributed by atoms with Crippen LogP contribution in [0.15, 0.2) is 48.8 Å². The monoisotopic (exact) mass is 336 g/mol. The number of amides is 1. The van der Waals surface area contributed by atoms with E-state index < -0.39 is 23.8 Å². The number of para-hydroxylation sites is 2. The quantitative estimate of drug-likeness (QED) is 0.585. The maximum Gasteiger partial charge on any atom is 0.321 e. The van der Waals surface area contributed by atoms with E-state index >= 15 is 0 Å². The first-order valence-electron chi connectivity index (χ1n) is 8.05. The lowest BCUT2D eigenvalue weighted by molar-refractivity contribution is -0.152. The average molecular weight is 336 g/mol. The fraction of sp³-hybridized carbons (Fsp3) is 0.222. The fourth-order valence-electron chi connectivity index (χ4n) is 3.26. The number of ether oxygens (including phenoxy) is 1. The number of fused-ring (bicyclic) bond motifs is 3. The Bertz CT molecular complexity index is 951. The van der Waals surface area contributed by atoms with Crippen LogP contribution in [0.1, 0.15) is 18.5 Å². The van der Waals surface area contributed by atoms with Crippen LogP contribution in [0, 0.1) is 5.92 Å². The van der Waals surface area contributed by atoms with Crippen LogP contribution in [0.4, 0.5) is 5.95 Å². The highest BCUT2D eigenvalue weighted by molar-refractivity contribution is 6.07. The van der Waals surface area contributed by atoms with E-state index in [1.807, 2.05) is 28.8 Å². The van der Waals surface area contributed by atoms with Crippen LogP contribution in [0.2, 0.25) is 0 Å². The Balaban J connectivity index is 1.96. The molecule has 2 atom stereocenters. The molecule has 7 nitrogen and oxygen atoms in total. The molecule has 1 amide bonds. The summed E-state index contributed by atoms with van der Waals surface area (Å²) < 4.78 is 7.04. The van der Waals surface area contributed by atoms with Gasteiger partial charge in [-0.1, -0.05) is 12.1 Å². The molecule has 0 saturated heterocycles. The normalized spacial score (nSPS) is 19.3. The van der Waals surface area contributed by atoms with Crippen LogP contribution in [0.25, 0.3) is 11.0 Å². The summed E-state index contributed by atoms with van der Waals surface area (Å²) in [6.07, 6.45) is 3.28. The molecule has 3 aromatic rings. The maximum absolute atomic E-state index is 12.7. The van der Waals surface area contributed by atoms with Gasteiger partial charge in [-0.05, 0) is 36.8 Å². The van der Waals surface area contributed by atoms with Crippen LogP contribution < -0.4 is 5.32 Å². The second kappa shape index (κ2) is 6.01. The summed E-state index contributed by atoms with van der Waals surface area (Å²) in [5.41, 5.74) is 2.39. The number of hydrogen-bond donors (Lipinski definition) is 1. The summed E-state index contributed by atoms with van der Waals surface area (Å²) in [5.74, 6) is -1.53. The minimum absolute atomic E-state index is 0.212. The third-order valence-corrected chi connectivity index (χ3v) is 4.30. The summed E-state index contributed by atoms with van der Waals surface area (Å²) in [6, 6.07) is 10.6. The molecule has 3 heterocycles. The second-order valence-corrected chi connectivity index (χ2v) is 5.74. The molecule has 2 aromatic heterocycles. The number of esters is 1. The van der Waals surface area contributed by atoms with Crippen LogP contribution in [0.5, 0.6) is 0 Å². The molecule has 0 saturated carbocycles. The third-order valence-electron chi connectivity index (χ3n) is 4.30. The highest BCUT2D eigenvalue weighted by Gasteiger charge is 2.44. The molecule has 4 rings (SSSR count).